The van der Waals surface area contributed by atoms with E-state index in [0.29, 0.717) is 26.2 Å². The van der Waals surface area contributed by atoms with Gasteiger partial charge in [-0.25, -0.2) is 0 Å². The first-order valence-corrected chi connectivity index (χ1v) is 6.58. The number of hydrogen-bond acceptors (Lipinski definition) is 4. The molecule has 2 saturated heterocycles. The normalized spacial score (nSPS) is 29.7. The Kier molecular flexibility index (Phi) is 4.36. The summed E-state index contributed by atoms with van der Waals surface area (Å²) in [7, 11) is 0. The summed E-state index contributed by atoms with van der Waals surface area (Å²) in [5.74, 6) is -0.0589. The fourth-order valence-electron chi connectivity index (χ4n) is 2.45. The number of rotatable bonds is 5. The lowest BCUT2D eigenvalue weighted by Gasteiger charge is -2.21. The van der Waals surface area contributed by atoms with Crippen LogP contribution in [0.3, 0.4) is 0 Å². The van der Waals surface area contributed by atoms with Gasteiger partial charge >= 0.3 is 0 Å². The number of nitrogens with two attached hydrogens (primary N) is 1. The third-order valence-corrected chi connectivity index (χ3v) is 3.64. The number of likely N-dealkylation sites (tertiary alicyclic amines) is 1. The molecule has 5 heteroatoms. The maximum Gasteiger partial charge on any atom is 0.242 e. The molecule has 2 aliphatic rings. The lowest BCUT2D eigenvalue weighted by Crippen LogP contribution is -2.54. The average molecular weight is 241 g/mol. The fraction of sp³-hybridized carbons (Fsp3) is 0.917. The molecule has 0 spiro atoms. The Hall–Kier alpha value is -0.650. The van der Waals surface area contributed by atoms with Crippen molar-refractivity contribution in [2.75, 3.05) is 39.4 Å². The van der Waals surface area contributed by atoms with Gasteiger partial charge in [0.25, 0.3) is 0 Å². The smallest absolute Gasteiger partial charge is 0.242 e. The maximum atomic E-state index is 11.8. The molecule has 0 aromatic heterocycles. The topological polar surface area (TPSA) is 67.6 Å². The number of nitrogens with one attached hydrogen (secondary N) is 1. The Morgan fingerprint density at radius 2 is 2.18 bits per heavy atom. The summed E-state index contributed by atoms with van der Waals surface area (Å²) in [6.45, 7) is 5.16. The fourth-order valence-corrected chi connectivity index (χ4v) is 2.45. The van der Waals surface area contributed by atoms with Crippen LogP contribution >= 0.6 is 0 Å². The Bertz CT molecular complexity index is 258. The van der Waals surface area contributed by atoms with Crippen LogP contribution in [0.2, 0.25) is 0 Å². The molecule has 3 N–H and O–H groups in total. The second-order valence-electron chi connectivity index (χ2n) is 5.12. The number of amides is 1. The van der Waals surface area contributed by atoms with Crippen molar-refractivity contribution in [3.05, 3.63) is 0 Å². The number of ether oxygens (including phenoxy) is 1. The van der Waals surface area contributed by atoms with Gasteiger partial charge in [0, 0.05) is 13.2 Å². The zero-order valence-electron chi connectivity index (χ0n) is 10.4. The van der Waals surface area contributed by atoms with Crippen LogP contribution < -0.4 is 11.1 Å². The first kappa shape index (κ1) is 12.8. The van der Waals surface area contributed by atoms with Crippen molar-refractivity contribution in [1.29, 1.82) is 0 Å². The highest BCUT2D eigenvalue weighted by atomic mass is 16.5. The van der Waals surface area contributed by atoms with Gasteiger partial charge < -0.3 is 20.7 Å². The van der Waals surface area contributed by atoms with E-state index in [1.165, 1.54) is 25.9 Å². The van der Waals surface area contributed by atoms with Crippen molar-refractivity contribution in [3.63, 3.8) is 0 Å². The molecule has 2 heterocycles. The van der Waals surface area contributed by atoms with Gasteiger partial charge in [0.2, 0.25) is 5.91 Å². The van der Waals surface area contributed by atoms with E-state index < -0.39 is 5.54 Å². The summed E-state index contributed by atoms with van der Waals surface area (Å²) in [6, 6.07) is 0. The molecule has 0 radical (unpaired) electrons. The molecule has 98 valence electrons. The van der Waals surface area contributed by atoms with Crippen LogP contribution in [0.1, 0.15) is 25.7 Å². The van der Waals surface area contributed by atoms with E-state index in [1.54, 1.807) is 0 Å². The van der Waals surface area contributed by atoms with E-state index in [-0.39, 0.29) is 5.91 Å². The van der Waals surface area contributed by atoms with Gasteiger partial charge in [0.05, 0.1) is 6.61 Å². The van der Waals surface area contributed by atoms with Crippen LogP contribution in [-0.4, -0.2) is 55.7 Å². The van der Waals surface area contributed by atoms with Crippen molar-refractivity contribution in [2.24, 2.45) is 5.73 Å². The minimum absolute atomic E-state index is 0.0589. The largest absolute Gasteiger partial charge is 0.379 e. The van der Waals surface area contributed by atoms with Gasteiger partial charge in [0.1, 0.15) is 5.54 Å². The monoisotopic (exact) mass is 241 g/mol. The van der Waals surface area contributed by atoms with E-state index in [2.05, 4.69) is 10.2 Å². The molecule has 5 nitrogen and oxygen atoms in total. The first-order valence-electron chi connectivity index (χ1n) is 6.58. The standard InChI is InChI=1S/C12H23N3O2/c13-12(4-9-17-10-12)11(16)14-5-3-8-15-6-1-2-7-15/h1-10,13H2,(H,14,16). The molecular formula is C12H23N3O2. The van der Waals surface area contributed by atoms with E-state index in [9.17, 15) is 4.79 Å². The molecule has 0 aromatic carbocycles. The van der Waals surface area contributed by atoms with E-state index in [4.69, 9.17) is 10.5 Å². The third-order valence-electron chi connectivity index (χ3n) is 3.64. The highest BCUT2D eigenvalue weighted by molar-refractivity contribution is 5.86. The summed E-state index contributed by atoms with van der Waals surface area (Å²) in [6.07, 6.45) is 4.26. The number of nitrogens with zero attached hydrogens (tertiary/aromatic N) is 1. The highest BCUT2D eigenvalue weighted by Crippen LogP contribution is 2.15. The summed E-state index contributed by atoms with van der Waals surface area (Å²) >= 11 is 0. The molecule has 2 aliphatic heterocycles. The Morgan fingerprint density at radius 1 is 1.41 bits per heavy atom. The van der Waals surface area contributed by atoms with Crippen LogP contribution in [0.25, 0.3) is 0 Å². The van der Waals surface area contributed by atoms with Crippen LogP contribution in [0.5, 0.6) is 0 Å². The zero-order valence-corrected chi connectivity index (χ0v) is 10.4. The SMILES string of the molecule is NC1(C(=O)NCCCN2CCCC2)CCOC1. The van der Waals surface area contributed by atoms with Crippen LogP contribution in [-0.2, 0) is 9.53 Å². The molecule has 0 aliphatic carbocycles. The lowest BCUT2D eigenvalue weighted by molar-refractivity contribution is -0.126. The van der Waals surface area contributed by atoms with Crippen molar-refractivity contribution in [3.8, 4) is 0 Å². The Labute approximate surface area is 103 Å². The molecule has 1 amide bonds. The lowest BCUT2D eigenvalue weighted by atomic mass is 9.99. The van der Waals surface area contributed by atoms with Crippen LogP contribution in [0.4, 0.5) is 0 Å². The van der Waals surface area contributed by atoms with E-state index in [1.807, 2.05) is 0 Å². The van der Waals surface area contributed by atoms with Crippen molar-refractivity contribution < 1.29 is 9.53 Å². The third kappa shape index (κ3) is 3.40. The van der Waals surface area contributed by atoms with E-state index >= 15 is 0 Å². The zero-order chi connectivity index (χ0) is 12.1. The second-order valence-corrected chi connectivity index (χ2v) is 5.12. The number of carbonyl (C=O) groups is 1. The molecule has 1 atom stereocenters. The van der Waals surface area contributed by atoms with Gasteiger partial charge in [-0.15, -0.1) is 0 Å². The maximum absolute atomic E-state index is 11.8. The molecule has 2 rings (SSSR count). The Balaban J connectivity index is 1.59. The van der Waals surface area contributed by atoms with Crippen molar-refractivity contribution >= 4 is 5.91 Å². The van der Waals surface area contributed by atoms with Gasteiger partial charge in [-0.1, -0.05) is 0 Å². The van der Waals surface area contributed by atoms with Crippen molar-refractivity contribution in [2.45, 2.75) is 31.2 Å². The molecule has 0 saturated carbocycles. The first-order chi connectivity index (χ1) is 8.21. The molecule has 1 unspecified atom stereocenters. The summed E-state index contributed by atoms with van der Waals surface area (Å²) < 4.78 is 5.17. The predicted octanol–water partition coefficient (Wildman–Crippen LogP) is -0.294. The predicted molar refractivity (Wildman–Crippen MR) is 65.7 cm³/mol. The van der Waals surface area contributed by atoms with Crippen LogP contribution in [0, 0.1) is 0 Å². The number of hydrogen-bond donors (Lipinski definition) is 2. The molecule has 17 heavy (non-hydrogen) atoms. The quantitative estimate of drug-likeness (QED) is 0.649. The molecular weight excluding hydrogens is 218 g/mol. The summed E-state index contributed by atoms with van der Waals surface area (Å²) in [5.41, 5.74) is 5.18. The van der Waals surface area contributed by atoms with Crippen LogP contribution in [0.15, 0.2) is 0 Å². The minimum Gasteiger partial charge on any atom is -0.379 e. The summed E-state index contributed by atoms with van der Waals surface area (Å²) in [5, 5.41) is 2.92. The highest BCUT2D eigenvalue weighted by Gasteiger charge is 2.37. The Morgan fingerprint density at radius 3 is 2.82 bits per heavy atom. The van der Waals surface area contributed by atoms with Gasteiger partial charge in [0.15, 0.2) is 0 Å². The minimum atomic E-state index is -0.784. The molecule has 2 fully saturated rings. The summed E-state index contributed by atoms with van der Waals surface area (Å²) in [4.78, 5) is 14.3. The van der Waals surface area contributed by atoms with E-state index in [0.717, 1.165) is 13.0 Å². The number of carbonyl (C=O) groups excluding carboxylic acids is 1. The van der Waals surface area contributed by atoms with Gasteiger partial charge in [-0.3, -0.25) is 4.79 Å². The molecule has 0 aromatic rings. The van der Waals surface area contributed by atoms with Crippen molar-refractivity contribution in [1.82, 2.24) is 10.2 Å². The second kappa shape index (κ2) is 5.80. The van der Waals surface area contributed by atoms with Gasteiger partial charge in [-0.2, -0.15) is 0 Å². The molecule has 0 bridgehead atoms. The van der Waals surface area contributed by atoms with Gasteiger partial charge in [-0.05, 0) is 45.3 Å². The average Bonchev–Trinajstić information content (AvgIpc) is 2.96.